The van der Waals surface area contributed by atoms with Crippen molar-refractivity contribution in [3.8, 4) is 21.7 Å². The average molecular weight is 372 g/mol. The number of hydrogen-bond acceptors (Lipinski definition) is 5. The number of hydrogen-bond donors (Lipinski definition) is 1. The van der Waals surface area contributed by atoms with E-state index in [9.17, 15) is 13.2 Å². The van der Waals surface area contributed by atoms with Crippen LogP contribution in [0.25, 0.3) is 32.7 Å². The van der Waals surface area contributed by atoms with Gasteiger partial charge in [0.15, 0.2) is 5.13 Å². The van der Waals surface area contributed by atoms with Crippen molar-refractivity contribution in [1.29, 1.82) is 0 Å². The number of aromatic nitrogens is 3. The van der Waals surface area contributed by atoms with Crippen molar-refractivity contribution in [2.75, 3.05) is 5.73 Å². The molecular weight excluding hydrogens is 361 g/mol. The lowest BCUT2D eigenvalue weighted by Gasteiger charge is -2.09. The van der Waals surface area contributed by atoms with Crippen LogP contribution in [0, 0.1) is 0 Å². The lowest BCUT2D eigenvalue weighted by molar-refractivity contribution is -0.137. The first-order valence-corrected chi connectivity index (χ1v) is 8.38. The number of alkyl halides is 3. The van der Waals surface area contributed by atoms with Gasteiger partial charge >= 0.3 is 6.18 Å². The van der Waals surface area contributed by atoms with Gasteiger partial charge in [0.05, 0.1) is 27.2 Å². The number of nitrogens with two attached hydrogens (primary N) is 1. The standard InChI is InChI=1S/C18H11F3N4S/c19-18(20,21)12-3-1-2-10(8-12)15-16(26-17(22)25-15)11-4-5-13-14(9-11)24-7-6-23-13/h1-9H,(H2,22,25). The minimum Gasteiger partial charge on any atom is -0.375 e. The lowest BCUT2D eigenvalue weighted by atomic mass is 10.0. The van der Waals surface area contributed by atoms with E-state index in [1.54, 1.807) is 18.5 Å². The molecule has 0 spiro atoms. The Labute approximate surface area is 150 Å². The minimum absolute atomic E-state index is 0.284. The van der Waals surface area contributed by atoms with Crippen LogP contribution in [0.15, 0.2) is 54.9 Å². The van der Waals surface area contributed by atoms with Crippen molar-refractivity contribution in [3.63, 3.8) is 0 Å². The van der Waals surface area contributed by atoms with Gasteiger partial charge in [-0.1, -0.05) is 29.5 Å². The van der Waals surface area contributed by atoms with Gasteiger partial charge in [-0.3, -0.25) is 9.97 Å². The van der Waals surface area contributed by atoms with Gasteiger partial charge in [-0.15, -0.1) is 0 Å². The smallest absolute Gasteiger partial charge is 0.375 e. The molecule has 0 aliphatic rings. The largest absolute Gasteiger partial charge is 0.416 e. The molecule has 2 aromatic carbocycles. The monoisotopic (exact) mass is 372 g/mol. The Hall–Kier alpha value is -3.00. The number of benzene rings is 2. The highest BCUT2D eigenvalue weighted by atomic mass is 32.1. The molecule has 2 aromatic heterocycles. The Bertz CT molecular complexity index is 1100. The molecule has 2 N–H and O–H groups in total. The zero-order valence-corrected chi connectivity index (χ0v) is 14.0. The molecule has 0 radical (unpaired) electrons. The minimum atomic E-state index is -4.42. The van der Waals surface area contributed by atoms with Gasteiger partial charge in [-0.25, -0.2) is 4.98 Å². The van der Waals surface area contributed by atoms with Gasteiger partial charge in [0.2, 0.25) is 0 Å². The van der Waals surface area contributed by atoms with Crippen molar-refractivity contribution < 1.29 is 13.2 Å². The van der Waals surface area contributed by atoms with E-state index in [2.05, 4.69) is 15.0 Å². The summed E-state index contributed by atoms with van der Waals surface area (Å²) in [4.78, 5) is 13.4. The number of fused-ring (bicyclic) bond motifs is 1. The normalized spacial score (nSPS) is 11.8. The van der Waals surface area contributed by atoms with Gasteiger partial charge in [0.1, 0.15) is 0 Å². The molecule has 0 saturated carbocycles. The number of nitrogen functional groups attached to an aromatic ring is 1. The first kappa shape index (κ1) is 16.5. The molecule has 2 heterocycles. The molecule has 4 nitrogen and oxygen atoms in total. The fraction of sp³-hybridized carbons (Fsp3) is 0.0556. The summed E-state index contributed by atoms with van der Waals surface area (Å²) >= 11 is 1.22. The Balaban J connectivity index is 1.87. The Morgan fingerprint density at radius 3 is 2.42 bits per heavy atom. The van der Waals surface area contributed by atoms with Crippen LogP contribution in [0.4, 0.5) is 18.3 Å². The Kier molecular flexibility index (Phi) is 3.84. The number of nitrogens with zero attached hydrogens (tertiary/aromatic N) is 3. The summed E-state index contributed by atoms with van der Waals surface area (Å²) in [5.74, 6) is 0. The molecule has 0 aliphatic heterocycles. The third-order valence-corrected chi connectivity index (χ3v) is 4.77. The van der Waals surface area contributed by atoms with E-state index in [-0.39, 0.29) is 5.13 Å². The molecule has 26 heavy (non-hydrogen) atoms. The van der Waals surface area contributed by atoms with Gasteiger partial charge in [0, 0.05) is 18.0 Å². The lowest BCUT2D eigenvalue weighted by Crippen LogP contribution is -2.04. The predicted molar refractivity (Wildman–Crippen MR) is 95.5 cm³/mol. The van der Waals surface area contributed by atoms with Crippen LogP contribution in [-0.4, -0.2) is 15.0 Å². The van der Waals surface area contributed by atoms with Crippen molar-refractivity contribution in [3.05, 3.63) is 60.4 Å². The molecule has 4 aromatic rings. The fourth-order valence-electron chi connectivity index (χ4n) is 2.68. The number of halogens is 3. The number of rotatable bonds is 2. The fourth-order valence-corrected chi connectivity index (χ4v) is 3.53. The molecule has 0 unspecified atom stereocenters. The van der Waals surface area contributed by atoms with E-state index >= 15 is 0 Å². The van der Waals surface area contributed by atoms with Crippen molar-refractivity contribution in [2.24, 2.45) is 0 Å². The van der Waals surface area contributed by atoms with Crippen LogP contribution in [0.3, 0.4) is 0 Å². The van der Waals surface area contributed by atoms with Gasteiger partial charge in [0.25, 0.3) is 0 Å². The second-order valence-corrected chi connectivity index (χ2v) is 6.60. The van der Waals surface area contributed by atoms with Gasteiger partial charge < -0.3 is 5.73 Å². The summed E-state index contributed by atoms with van der Waals surface area (Å²) in [6.45, 7) is 0. The molecule has 0 amide bonds. The third kappa shape index (κ3) is 2.99. The third-order valence-electron chi connectivity index (χ3n) is 3.84. The Morgan fingerprint density at radius 2 is 1.65 bits per heavy atom. The van der Waals surface area contributed by atoms with E-state index in [4.69, 9.17) is 5.73 Å². The van der Waals surface area contributed by atoms with Crippen molar-refractivity contribution >= 4 is 27.5 Å². The number of anilines is 1. The molecule has 4 rings (SSSR count). The highest BCUT2D eigenvalue weighted by molar-refractivity contribution is 7.19. The van der Waals surface area contributed by atoms with E-state index in [1.165, 1.54) is 17.4 Å². The summed E-state index contributed by atoms with van der Waals surface area (Å²) in [5, 5.41) is 0.284. The van der Waals surface area contributed by atoms with E-state index in [0.717, 1.165) is 23.2 Å². The summed E-state index contributed by atoms with van der Waals surface area (Å²) in [6, 6.07) is 10.5. The van der Waals surface area contributed by atoms with Crippen LogP contribution in [0.5, 0.6) is 0 Å². The summed E-state index contributed by atoms with van der Waals surface area (Å²) in [6.07, 6.45) is -1.24. The van der Waals surface area contributed by atoms with Crippen molar-refractivity contribution in [1.82, 2.24) is 15.0 Å². The van der Waals surface area contributed by atoms with Crippen LogP contribution < -0.4 is 5.73 Å². The maximum atomic E-state index is 13.0. The molecule has 0 bridgehead atoms. The molecule has 0 fully saturated rings. The van der Waals surface area contributed by atoms with E-state index in [1.807, 2.05) is 18.2 Å². The zero-order valence-electron chi connectivity index (χ0n) is 13.2. The van der Waals surface area contributed by atoms with Crippen LogP contribution in [0.2, 0.25) is 0 Å². The highest BCUT2D eigenvalue weighted by Gasteiger charge is 2.31. The maximum Gasteiger partial charge on any atom is 0.416 e. The number of thiazole rings is 1. The zero-order chi connectivity index (χ0) is 18.3. The second kappa shape index (κ2) is 6.06. The van der Waals surface area contributed by atoms with Crippen LogP contribution in [-0.2, 0) is 6.18 Å². The second-order valence-electron chi connectivity index (χ2n) is 5.57. The molecule has 130 valence electrons. The van der Waals surface area contributed by atoms with E-state index < -0.39 is 11.7 Å². The van der Waals surface area contributed by atoms with Gasteiger partial charge in [-0.05, 0) is 29.8 Å². The molecule has 0 saturated heterocycles. The summed E-state index contributed by atoms with van der Waals surface area (Å²) < 4.78 is 39.1. The summed E-state index contributed by atoms with van der Waals surface area (Å²) in [7, 11) is 0. The Morgan fingerprint density at radius 1 is 0.885 bits per heavy atom. The molecular formula is C18H11F3N4S. The first-order valence-electron chi connectivity index (χ1n) is 7.57. The molecule has 8 heteroatoms. The molecule has 0 aliphatic carbocycles. The van der Waals surface area contributed by atoms with Crippen molar-refractivity contribution in [2.45, 2.75) is 6.18 Å². The maximum absolute atomic E-state index is 13.0. The van der Waals surface area contributed by atoms with Crippen LogP contribution in [0.1, 0.15) is 5.56 Å². The SMILES string of the molecule is Nc1nc(-c2cccc(C(F)(F)F)c2)c(-c2ccc3nccnc3c2)s1. The van der Waals surface area contributed by atoms with Gasteiger partial charge in [-0.2, -0.15) is 13.2 Å². The highest BCUT2D eigenvalue weighted by Crippen LogP contribution is 2.40. The predicted octanol–water partition coefficient (Wildman–Crippen LogP) is 5.02. The van der Waals surface area contributed by atoms with Crippen LogP contribution >= 0.6 is 11.3 Å². The summed E-state index contributed by atoms with van der Waals surface area (Å²) in [5.41, 5.74) is 8.10. The first-order chi connectivity index (χ1) is 12.4. The quantitative estimate of drug-likeness (QED) is 0.536. The molecule has 0 atom stereocenters. The van der Waals surface area contributed by atoms with E-state index in [0.29, 0.717) is 21.7 Å². The topological polar surface area (TPSA) is 64.7 Å². The average Bonchev–Trinajstić information content (AvgIpc) is 3.02.